The highest BCUT2D eigenvalue weighted by Gasteiger charge is 2.61. The molecule has 0 amide bonds. The summed E-state index contributed by atoms with van der Waals surface area (Å²) in [6, 6.07) is 5.08. The van der Waals surface area contributed by atoms with Crippen LogP contribution in [0.5, 0.6) is 0 Å². The number of imidazole rings is 1. The summed E-state index contributed by atoms with van der Waals surface area (Å²) in [7, 11) is -3.72. The molecule has 0 spiro atoms. The molecule has 3 aliphatic rings. The number of nitrogens with zero attached hydrogens (tertiary/aromatic N) is 3. The molecule has 6 rings (SSSR count). The van der Waals surface area contributed by atoms with Gasteiger partial charge in [-0.05, 0) is 57.2 Å². The summed E-state index contributed by atoms with van der Waals surface area (Å²) in [5, 5.41) is 10.2. The third kappa shape index (κ3) is 2.84. The molecule has 29 heavy (non-hydrogen) atoms. The SMILES string of the molecule is Cc1cn2c(-c3cc(S(=O)(=O)NC45CCC(O)(C4)C5)ccc3C)cnc2c(N)n1. The third-order valence-corrected chi connectivity index (χ3v) is 7.76. The highest BCUT2D eigenvalue weighted by molar-refractivity contribution is 7.89. The van der Waals surface area contributed by atoms with E-state index in [9.17, 15) is 13.5 Å². The molecule has 2 aromatic heterocycles. The fourth-order valence-corrected chi connectivity index (χ4v) is 6.34. The van der Waals surface area contributed by atoms with Gasteiger partial charge in [0.1, 0.15) is 0 Å². The number of anilines is 1. The van der Waals surface area contributed by atoms with Crippen molar-refractivity contribution in [1.82, 2.24) is 19.1 Å². The van der Waals surface area contributed by atoms with Crippen molar-refractivity contribution < 1.29 is 13.5 Å². The van der Waals surface area contributed by atoms with Crippen LogP contribution in [0.3, 0.4) is 0 Å². The van der Waals surface area contributed by atoms with Crippen molar-refractivity contribution >= 4 is 21.5 Å². The highest BCUT2D eigenvalue weighted by atomic mass is 32.2. The van der Waals surface area contributed by atoms with E-state index in [1.165, 1.54) is 0 Å². The van der Waals surface area contributed by atoms with E-state index in [4.69, 9.17) is 5.73 Å². The second-order valence-electron chi connectivity index (χ2n) is 8.55. The molecule has 2 heterocycles. The molecule has 8 nitrogen and oxygen atoms in total. The third-order valence-electron chi connectivity index (χ3n) is 6.19. The van der Waals surface area contributed by atoms with Gasteiger partial charge in [0.2, 0.25) is 10.0 Å². The second kappa shape index (κ2) is 5.78. The molecule has 0 aliphatic heterocycles. The number of aromatic nitrogens is 3. The van der Waals surface area contributed by atoms with Crippen molar-refractivity contribution in [3.05, 3.63) is 41.9 Å². The van der Waals surface area contributed by atoms with Crippen molar-refractivity contribution in [2.45, 2.75) is 55.6 Å². The summed E-state index contributed by atoms with van der Waals surface area (Å²) < 4.78 is 30.8. The number of hydrogen-bond donors (Lipinski definition) is 3. The van der Waals surface area contributed by atoms with E-state index in [0.717, 1.165) is 22.5 Å². The lowest BCUT2D eigenvalue weighted by molar-refractivity contribution is -0.0362. The van der Waals surface area contributed by atoms with Crippen molar-refractivity contribution in [2.24, 2.45) is 0 Å². The number of aryl methyl sites for hydroxylation is 2. The molecule has 9 heteroatoms. The number of nitrogen functional groups attached to an aromatic ring is 1. The van der Waals surface area contributed by atoms with Gasteiger partial charge >= 0.3 is 0 Å². The summed E-state index contributed by atoms with van der Waals surface area (Å²) >= 11 is 0. The van der Waals surface area contributed by atoms with Crippen LogP contribution in [0, 0.1) is 13.8 Å². The van der Waals surface area contributed by atoms with E-state index in [1.54, 1.807) is 24.4 Å². The average Bonchev–Trinajstić information content (AvgIpc) is 3.25. The van der Waals surface area contributed by atoms with Gasteiger partial charge in [-0.2, -0.15) is 0 Å². The Kier molecular flexibility index (Phi) is 3.69. The lowest BCUT2D eigenvalue weighted by atomic mass is 9.74. The van der Waals surface area contributed by atoms with Gasteiger partial charge < -0.3 is 10.8 Å². The topological polar surface area (TPSA) is 123 Å². The fourth-order valence-electron chi connectivity index (χ4n) is 4.88. The second-order valence-corrected chi connectivity index (χ2v) is 10.2. The predicted molar refractivity (Wildman–Crippen MR) is 109 cm³/mol. The molecule has 0 unspecified atom stereocenters. The van der Waals surface area contributed by atoms with Crippen LogP contribution in [0.2, 0.25) is 0 Å². The number of rotatable bonds is 4. The maximum atomic E-state index is 13.1. The maximum absolute atomic E-state index is 13.1. The van der Waals surface area contributed by atoms with Gasteiger partial charge in [0.25, 0.3) is 0 Å². The zero-order valence-electron chi connectivity index (χ0n) is 16.3. The van der Waals surface area contributed by atoms with Gasteiger partial charge in [0, 0.05) is 17.3 Å². The van der Waals surface area contributed by atoms with Gasteiger partial charge in [0.15, 0.2) is 11.5 Å². The van der Waals surface area contributed by atoms with Crippen LogP contribution in [-0.2, 0) is 10.0 Å². The van der Waals surface area contributed by atoms with Gasteiger partial charge in [-0.1, -0.05) is 6.07 Å². The molecular weight excluding hydrogens is 390 g/mol. The summed E-state index contributed by atoms with van der Waals surface area (Å²) in [4.78, 5) is 8.79. The summed E-state index contributed by atoms with van der Waals surface area (Å²) in [5.41, 5.74) is 8.51. The summed E-state index contributed by atoms with van der Waals surface area (Å²) in [6.45, 7) is 3.77. The Hall–Kier alpha value is -2.49. The first-order chi connectivity index (χ1) is 13.6. The minimum absolute atomic E-state index is 0.198. The molecule has 0 saturated heterocycles. The van der Waals surface area contributed by atoms with E-state index in [-0.39, 0.29) is 4.90 Å². The minimum Gasteiger partial charge on any atom is -0.390 e. The Labute approximate surface area is 168 Å². The minimum atomic E-state index is -3.72. The normalized spacial score (nSPS) is 26.0. The molecule has 0 atom stereocenters. The predicted octanol–water partition coefficient (Wildman–Crippen LogP) is 1.93. The van der Waals surface area contributed by atoms with Crippen molar-refractivity contribution in [2.75, 3.05) is 5.73 Å². The molecule has 3 fully saturated rings. The number of nitrogens with one attached hydrogen (secondary N) is 1. The fraction of sp³-hybridized carbons (Fsp3) is 0.400. The summed E-state index contributed by atoms with van der Waals surface area (Å²) in [6.07, 6.45) is 5.79. The molecular formula is C20H23N5O3S. The molecule has 0 radical (unpaired) electrons. The van der Waals surface area contributed by atoms with Gasteiger partial charge in [0.05, 0.1) is 28.1 Å². The zero-order chi connectivity index (χ0) is 20.6. The number of aliphatic hydroxyl groups is 1. The van der Waals surface area contributed by atoms with Crippen LogP contribution in [0.15, 0.2) is 35.5 Å². The van der Waals surface area contributed by atoms with E-state index in [0.29, 0.717) is 37.1 Å². The van der Waals surface area contributed by atoms with Crippen molar-refractivity contribution in [1.29, 1.82) is 0 Å². The van der Waals surface area contributed by atoms with Crippen molar-refractivity contribution in [3.63, 3.8) is 0 Å². The van der Waals surface area contributed by atoms with Crippen molar-refractivity contribution in [3.8, 4) is 11.3 Å². The Morgan fingerprint density at radius 2 is 2.00 bits per heavy atom. The first-order valence-corrected chi connectivity index (χ1v) is 11.1. The maximum Gasteiger partial charge on any atom is 0.241 e. The zero-order valence-corrected chi connectivity index (χ0v) is 17.1. The standard InChI is InChI=1S/C20H23N5O3S/c1-12-3-4-14(29(27,28)24-19-5-6-20(26,10-19)11-19)7-15(12)16-8-22-18-17(21)23-13(2)9-25(16)18/h3-4,7-9,24,26H,5-6,10-11H2,1-2H3,(H2,21,23). The summed E-state index contributed by atoms with van der Waals surface area (Å²) in [5.74, 6) is 0.331. The number of fused-ring (bicyclic) bond motifs is 2. The number of benzene rings is 1. The van der Waals surface area contributed by atoms with Gasteiger partial charge in [-0.3, -0.25) is 4.40 Å². The van der Waals surface area contributed by atoms with Crippen LogP contribution in [0.4, 0.5) is 5.82 Å². The van der Waals surface area contributed by atoms with Crippen LogP contribution in [0.25, 0.3) is 16.9 Å². The van der Waals surface area contributed by atoms with Gasteiger partial charge in [-0.15, -0.1) is 0 Å². The van der Waals surface area contributed by atoms with Crippen LogP contribution >= 0.6 is 0 Å². The lowest BCUT2D eigenvalue weighted by Gasteiger charge is -2.44. The molecule has 1 aromatic carbocycles. The largest absolute Gasteiger partial charge is 0.390 e. The monoisotopic (exact) mass is 413 g/mol. The molecule has 3 saturated carbocycles. The average molecular weight is 414 g/mol. The Balaban J connectivity index is 1.56. The molecule has 3 aromatic rings. The highest BCUT2D eigenvalue weighted by Crippen LogP contribution is 2.55. The van der Waals surface area contributed by atoms with Crippen LogP contribution in [0.1, 0.15) is 36.9 Å². The Morgan fingerprint density at radius 3 is 2.69 bits per heavy atom. The molecule has 152 valence electrons. The van der Waals surface area contributed by atoms with E-state index in [2.05, 4.69) is 14.7 Å². The molecule has 2 bridgehead atoms. The van der Waals surface area contributed by atoms with Crippen LogP contribution < -0.4 is 10.5 Å². The Bertz CT molecular complexity index is 1260. The number of nitrogens with two attached hydrogens (primary N) is 1. The molecule has 4 N–H and O–H groups in total. The van der Waals surface area contributed by atoms with Gasteiger partial charge in [-0.25, -0.2) is 23.1 Å². The number of sulfonamides is 1. The quantitative estimate of drug-likeness (QED) is 0.601. The van der Waals surface area contributed by atoms with E-state index < -0.39 is 21.2 Å². The van der Waals surface area contributed by atoms with Crippen LogP contribution in [-0.4, -0.2) is 39.0 Å². The molecule has 3 aliphatic carbocycles. The van der Waals surface area contributed by atoms with E-state index in [1.807, 2.05) is 24.4 Å². The first kappa shape index (κ1) is 18.5. The first-order valence-electron chi connectivity index (χ1n) is 9.57. The Morgan fingerprint density at radius 1 is 1.24 bits per heavy atom. The van der Waals surface area contributed by atoms with E-state index >= 15 is 0 Å². The smallest absolute Gasteiger partial charge is 0.241 e. The number of hydrogen-bond acceptors (Lipinski definition) is 6. The lowest BCUT2D eigenvalue weighted by Crippen LogP contribution is -2.58.